The molecule has 1 aliphatic heterocycles. The molecule has 1 saturated heterocycles. The van der Waals surface area contributed by atoms with Crippen LogP contribution < -0.4 is 5.32 Å². The van der Waals surface area contributed by atoms with E-state index in [9.17, 15) is 14.4 Å². The van der Waals surface area contributed by atoms with Crippen LogP contribution in [0.4, 0.5) is 4.79 Å². The highest BCUT2D eigenvalue weighted by atomic mass is 32.2. The van der Waals surface area contributed by atoms with Crippen molar-refractivity contribution in [3.05, 3.63) is 35.9 Å². The summed E-state index contributed by atoms with van der Waals surface area (Å²) in [7, 11) is 0. The van der Waals surface area contributed by atoms with Gasteiger partial charge in [0, 0.05) is 5.56 Å². The van der Waals surface area contributed by atoms with E-state index in [1.165, 1.54) is 4.90 Å². The van der Waals surface area contributed by atoms with Crippen LogP contribution in [0.5, 0.6) is 0 Å². The fraction of sp³-hybridized carbons (Fsp3) is 0.438. The van der Waals surface area contributed by atoms with Gasteiger partial charge in [-0.1, -0.05) is 42.8 Å². The highest BCUT2D eigenvalue weighted by molar-refractivity contribution is 8.14. The van der Waals surface area contributed by atoms with Crippen molar-refractivity contribution in [2.45, 2.75) is 37.8 Å². The number of carbonyl (C=O) groups excluding carboxylic acids is 3. The zero-order chi connectivity index (χ0) is 15.5. The van der Waals surface area contributed by atoms with Gasteiger partial charge in [-0.05, 0) is 25.0 Å². The fourth-order valence-electron chi connectivity index (χ4n) is 3.11. The van der Waals surface area contributed by atoms with Crippen LogP contribution in [0, 0.1) is 0 Å². The molecule has 1 saturated carbocycles. The maximum Gasteiger partial charge on any atom is 0.289 e. The lowest BCUT2D eigenvalue weighted by Gasteiger charge is -2.36. The number of imide groups is 1. The maximum atomic E-state index is 12.3. The lowest BCUT2D eigenvalue weighted by molar-refractivity contribution is -0.127. The van der Waals surface area contributed by atoms with Crippen molar-refractivity contribution in [2.75, 3.05) is 5.75 Å². The van der Waals surface area contributed by atoms with Gasteiger partial charge in [0.25, 0.3) is 11.1 Å². The number of hydrogen-bond donors (Lipinski definition) is 1. The third kappa shape index (κ3) is 3.02. The lowest BCUT2D eigenvalue weighted by atomic mass is 9.89. The van der Waals surface area contributed by atoms with Gasteiger partial charge in [0.05, 0.1) is 17.8 Å². The maximum absolute atomic E-state index is 12.3. The quantitative estimate of drug-likeness (QED) is 0.929. The summed E-state index contributed by atoms with van der Waals surface area (Å²) < 4.78 is 0. The molecule has 1 N–H and O–H groups in total. The minimum atomic E-state index is -0.212. The molecule has 0 unspecified atom stereocenters. The van der Waals surface area contributed by atoms with Crippen molar-refractivity contribution in [1.29, 1.82) is 0 Å². The molecule has 6 heteroatoms. The third-order valence-corrected chi connectivity index (χ3v) is 5.03. The standard InChI is InChI=1S/C16H18N2O3S/c19-14-10-22-16(21)18(14)13-9-5-4-8-12(13)17-15(20)11-6-2-1-3-7-11/h1-3,6-7,12-13H,4-5,8-10H2,(H,17,20)/t12-,13+/m1/s1. The van der Waals surface area contributed by atoms with Crippen molar-refractivity contribution in [3.63, 3.8) is 0 Å². The van der Waals surface area contributed by atoms with E-state index < -0.39 is 0 Å². The van der Waals surface area contributed by atoms with Gasteiger partial charge in [0.1, 0.15) is 0 Å². The molecule has 2 aliphatic rings. The molecule has 3 rings (SSSR count). The first-order valence-electron chi connectivity index (χ1n) is 7.51. The average Bonchev–Trinajstić information content (AvgIpc) is 2.88. The van der Waals surface area contributed by atoms with Crippen molar-refractivity contribution in [2.24, 2.45) is 0 Å². The predicted octanol–water partition coefficient (Wildman–Crippen LogP) is 2.42. The van der Waals surface area contributed by atoms with E-state index in [1.807, 2.05) is 18.2 Å². The van der Waals surface area contributed by atoms with Gasteiger partial charge >= 0.3 is 0 Å². The van der Waals surface area contributed by atoms with Crippen LogP contribution in [-0.2, 0) is 4.79 Å². The van der Waals surface area contributed by atoms with E-state index >= 15 is 0 Å². The highest BCUT2D eigenvalue weighted by Crippen LogP contribution is 2.30. The molecule has 0 aromatic heterocycles. The molecule has 116 valence electrons. The molecule has 0 bridgehead atoms. The zero-order valence-corrected chi connectivity index (χ0v) is 13.0. The molecule has 2 fully saturated rings. The SMILES string of the molecule is O=C(N[C@@H]1CCCC[C@@H]1N1C(=O)CSC1=O)c1ccccc1. The van der Waals surface area contributed by atoms with Gasteiger partial charge in [-0.3, -0.25) is 19.3 Å². The Balaban J connectivity index is 1.74. The number of hydrogen-bond acceptors (Lipinski definition) is 4. The Hall–Kier alpha value is -1.82. The fourth-order valence-corrected chi connectivity index (χ4v) is 3.88. The monoisotopic (exact) mass is 318 g/mol. The van der Waals surface area contributed by atoms with E-state index in [0.29, 0.717) is 5.56 Å². The highest BCUT2D eigenvalue weighted by Gasteiger charge is 2.41. The number of nitrogens with one attached hydrogen (secondary N) is 1. The van der Waals surface area contributed by atoms with Gasteiger partial charge < -0.3 is 5.32 Å². The number of benzene rings is 1. The molecule has 1 aromatic carbocycles. The summed E-state index contributed by atoms with van der Waals surface area (Å²) in [5, 5.41) is 2.82. The van der Waals surface area contributed by atoms with Crippen LogP contribution in [0.25, 0.3) is 0 Å². The normalized spacial score (nSPS) is 25.4. The average molecular weight is 318 g/mol. The van der Waals surface area contributed by atoms with Crippen LogP contribution >= 0.6 is 11.8 Å². The molecule has 1 heterocycles. The first kappa shape index (κ1) is 15.1. The summed E-state index contributed by atoms with van der Waals surface area (Å²) in [4.78, 5) is 37.6. The molecule has 22 heavy (non-hydrogen) atoms. The largest absolute Gasteiger partial charge is 0.347 e. The van der Waals surface area contributed by atoms with Gasteiger partial charge in [0.2, 0.25) is 5.91 Å². The predicted molar refractivity (Wildman–Crippen MR) is 84.7 cm³/mol. The van der Waals surface area contributed by atoms with Gasteiger partial charge in [-0.15, -0.1) is 0 Å². The summed E-state index contributed by atoms with van der Waals surface area (Å²) in [5.41, 5.74) is 0.597. The molecular weight excluding hydrogens is 300 g/mol. The van der Waals surface area contributed by atoms with Crippen LogP contribution in [0.2, 0.25) is 0 Å². The minimum Gasteiger partial charge on any atom is -0.347 e. The summed E-state index contributed by atoms with van der Waals surface area (Å²) in [6.45, 7) is 0. The summed E-state index contributed by atoms with van der Waals surface area (Å²) >= 11 is 1.05. The van der Waals surface area contributed by atoms with E-state index in [0.717, 1.165) is 37.4 Å². The topological polar surface area (TPSA) is 66.5 Å². The smallest absolute Gasteiger partial charge is 0.289 e. The Labute approximate surface area is 133 Å². The lowest BCUT2D eigenvalue weighted by Crippen LogP contribution is -2.54. The van der Waals surface area contributed by atoms with E-state index in [2.05, 4.69) is 5.32 Å². The first-order valence-corrected chi connectivity index (χ1v) is 8.50. The Bertz CT molecular complexity index is 574. The van der Waals surface area contributed by atoms with Crippen LogP contribution in [-0.4, -0.2) is 39.8 Å². The molecule has 0 spiro atoms. The summed E-state index contributed by atoms with van der Waals surface area (Å²) in [6, 6.07) is 8.64. The van der Waals surface area contributed by atoms with Crippen molar-refractivity contribution < 1.29 is 14.4 Å². The molecule has 1 aliphatic carbocycles. The Kier molecular flexibility index (Phi) is 4.47. The summed E-state index contributed by atoms with van der Waals surface area (Å²) in [6.07, 6.45) is 3.53. The molecule has 1 aromatic rings. The number of thioether (sulfide) groups is 1. The molecular formula is C16H18N2O3S. The second-order valence-corrected chi connectivity index (χ2v) is 6.54. The first-order chi connectivity index (χ1) is 10.7. The van der Waals surface area contributed by atoms with Crippen LogP contribution in [0.15, 0.2) is 30.3 Å². The Morgan fingerprint density at radius 1 is 1.14 bits per heavy atom. The minimum absolute atomic E-state index is 0.138. The Morgan fingerprint density at radius 2 is 1.86 bits per heavy atom. The second kappa shape index (κ2) is 6.52. The molecule has 0 radical (unpaired) electrons. The molecule has 2 atom stereocenters. The third-order valence-electron chi connectivity index (χ3n) is 4.20. The van der Waals surface area contributed by atoms with E-state index in [-0.39, 0.29) is 34.9 Å². The van der Waals surface area contributed by atoms with Crippen LogP contribution in [0.1, 0.15) is 36.0 Å². The summed E-state index contributed by atoms with van der Waals surface area (Å²) in [5.74, 6) is -0.0700. The molecule has 3 amide bonds. The van der Waals surface area contributed by atoms with E-state index in [1.54, 1.807) is 12.1 Å². The number of nitrogens with zero attached hydrogens (tertiary/aromatic N) is 1. The second-order valence-electron chi connectivity index (χ2n) is 5.62. The number of rotatable bonds is 3. The van der Waals surface area contributed by atoms with E-state index in [4.69, 9.17) is 0 Å². The van der Waals surface area contributed by atoms with Crippen molar-refractivity contribution >= 4 is 28.8 Å². The van der Waals surface area contributed by atoms with Crippen molar-refractivity contribution in [1.82, 2.24) is 10.2 Å². The number of amides is 3. The van der Waals surface area contributed by atoms with Crippen LogP contribution in [0.3, 0.4) is 0 Å². The van der Waals surface area contributed by atoms with Gasteiger partial charge in [0.15, 0.2) is 0 Å². The van der Waals surface area contributed by atoms with Gasteiger partial charge in [-0.2, -0.15) is 0 Å². The number of carbonyl (C=O) groups is 3. The van der Waals surface area contributed by atoms with Gasteiger partial charge in [-0.25, -0.2) is 0 Å². The Morgan fingerprint density at radius 3 is 2.55 bits per heavy atom. The van der Waals surface area contributed by atoms with Crippen molar-refractivity contribution in [3.8, 4) is 0 Å². The molecule has 5 nitrogen and oxygen atoms in total. The zero-order valence-electron chi connectivity index (χ0n) is 12.2.